The predicted octanol–water partition coefficient (Wildman–Crippen LogP) is 3.20. The summed E-state index contributed by atoms with van der Waals surface area (Å²) < 4.78 is 53.7. The Morgan fingerprint density at radius 1 is 1.09 bits per heavy atom. The minimum absolute atomic E-state index is 0.109. The Balaban J connectivity index is 1.38. The van der Waals surface area contributed by atoms with E-state index in [-0.39, 0.29) is 30.1 Å². The molecular weight excluding hydrogens is 440 g/mol. The zero-order valence-corrected chi connectivity index (χ0v) is 18.0. The fraction of sp³-hybridized carbons (Fsp3) is 0.500. The number of aromatic nitrogens is 2. The largest absolute Gasteiger partial charge is 0.416 e. The second-order valence-electron chi connectivity index (χ2n) is 8.54. The van der Waals surface area contributed by atoms with Crippen molar-refractivity contribution in [2.45, 2.75) is 31.5 Å². The number of primary amides is 1. The Hall–Kier alpha value is -2.95. The second kappa shape index (κ2) is 9.50. The van der Waals surface area contributed by atoms with Crippen molar-refractivity contribution in [1.82, 2.24) is 14.9 Å². The molecule has 2 aromatic rings. The lowest BCUT2D eigenvalue weighted by Crippen LogP contribution is -2.42. The molecule has 3 N–H and O–H groups in total. The highest BCUT2D eigenvalue weighted by molar-refractivity contribution is 5.75. The summed E-state index contributed by atoms with van der Waals surface area (Å²) in [4.78, 5) is 22.9. The molecule has 2 aliphatic rings. The molecular formula is C22H26F4N6O. The van der Waals surface area contributed by atoms with Gasteiger partial charge in [-0.25, -0.2) is 9.97 Å². The van der Waals surface area contributed by atoms with Gasteiger partial charge >= 0.3 is 6.18 Å². The average Bonchev–Trinajstić information content (AvgIpc) is 2.74. The van der Waals surface area contributed by atoms with Crippen molar-refractivity contribution >= 4 is 17.5 Å². The number of alkyl halides is 3. The quantitative estimate of drug-likeness (QED) is 0.610. The summed E-state index contributed by atoms with van der Waals surface area (Å²) in [6.07, 6.45) is -0.681. The van der Waals surface area contributed by atoms with Gasteiger partial charge in [0.2, 0.25) is 11.7 Å². The summed E-state index contributed by atoms with van der Waals surface area (Å²) in [6.45, 7) is 2.86. The van der Waals surface area contributed by atoms with Gasteiger partial charge in [-0.1, -0.05) is 12.1 Å². The first kappa shape index (κ1) is 23.2. The van der Waals surface area contributed by atoms with Gasteiger partial charge in [0.25, 0.3) is 0 Å². The van der Waals surface area contributed by atoms with E-state index >= 15 is 4.39 Å². The molecule has 4 rings (SSSR count). The lowest BCUT2D eigenvalue weighted by molar-refractivity contribution is -0.137. The molecule has 1 atom stereocenters. The Morgan fingerprint density at radius 3 is 2.36 bits per heavy atom. The zero-order valence-electron chi connectivity index (χ0n) is 18.0. The number of rotatable bonds is 7. The molecule has 33 heavy (non-hydrogen) atoms. The van der Waals surface area contributed by atoms with Crippen LogP contribution in [0.15, 0.2) is 30.6 Å². The van der Waals surface area contributed by atoms with Gasteiger partial charge in [-0.2, -0.15) is 17.6 Å². The molecule has 0 bridgehead atoms. The number of anilines is 2. The van der Waals surface area contributed by atoms with E-state index in [9.17, 15) is 18.0 Å². The fourth-order valence-electron chi connectivity index (χ4n) is 4.38. The molecule has 0 aliphatic carbocycles. The molecule has 3 heterocycles. The van der Waals surface area contributed by atoms with Crippen molar-refractivity contribution in [2.24, 2.45) is 11.7 Å². The van der Waals surface area contributed by atoms with E-state index in [0.717, 1.165) is 38.1 Å². The maximum atomic E-state index is 15.2. The van der Waals surface area contributed by atoms with Crippen LogP contribution in [0.5, 0.6) is 0 Å². The Morgan fingerprint density at radius 2 is 1.79 bits per heavy atom. The number of amides is 1. The van der Waals surface area contributed by atoms with Crippen LogP contribution in [0.2, 0.25) is 0 Å². The number of hydrogen-bond donors (Lipinski definition) is 2. The standard InChI is InChI=1S/C22H26F4N6O/c23-19-20(28-11-14-5-8-31(9-6-14)12-18(27)33)29-13-30-21(19)32-10-7-17(32)15-1-3-16(4-2-15)22(24,25)26/h1-4,13-14,17H,5-12H2,(H2,27,33)(H,28,29,30)/t17-/m1/s1. The molecule has 7 nitrogen and oxygen atoms in total. The number of carbonyl (C=O) groups is 1. The van der Waals surface area contributed by atoms with Gasteiger partial charge < -0.3 is 16.0 Å². The van der Waals surface area contributed by atoms with Gasteiger partial charge in [-0.05, 0) is 56.0 Å². The summed E-state index contributed by atoms with van der Waals surface area (Å²) in [5.74, 6) is -0.351. The third-order valence-electron chi connectivity index (χ3n) is 6.33. The van der Waals surface area contributed by atoms with Crippen LogP contribution in [0, 0.1) is 11.7 Å². The van der Waals surface area contributed by atoms with Crippen molar-refractivity contribution in [1.29, 1.82) is 0 Å². The number of nitrogens with zero attached hydrogens (tertiary/aromatic N) is 4. The van der Waals surface area contributed by atoms with Crippen molar-refractivity contribution in [2.75, 3.05) is 42.9 Å². The van der Waals surface area contributed by atoms with Crippen LogP contribution in [0.3, 0.4) is 0 Å². The maximum Gasteiger partial charge on any atom is 0.416 e. The monoisotopic (exact) mass is 466 g/mol. The predicted molar refractivity (Wildman–Crippen MR) is 115 cm³/mol. The van der Waals surface area contributed by atoms with Gasteiger partial charge in [0, 0.05) is 13.1 Å². The van der Waals surface area contributed by atoms with E-state index in [0.29, 0.717) is 31.0 Å². The maximum absolute atomic E-state index is 15.2. The van der Waals surface area contributed by atoms with E-state index in [1.54, 1.807) is 4.90 Å². The summed E-state index contributed by atoms with van der Waals surface area (Å²) in [5, 5.41) is 3.07. The fourth-order valence-corrected chi connectivity index (χ4v) is 4.38. The van der Waals surface area contributed by atoms with Crippen LogP contribution < -0.4 is 16.0 Å². The molecule has 2 fully saturated rings. The number of hydrogen-bond acceptors (Lipinski definition) is 6. The normalized spacial score (nSPS) is 19.9. The number of benzene rings is 1. The third-order valence-corrected chi connectivity index (χ3v) is 6.33. The van der Waals surface area contributed by atoms with Gasteiger partial charge in [0.1, 0.15) is 6.33 Å². The molecule has 0 saturated carbocycles. The van der Waals surface area contributed by atoms with Crippen LogP contribution >= 0.6 is 0 Å². The highest BCUT2D eigenvalue weighted by Gasteiger charge is 2.35. The number of likely N-dealkylation sites (tertiary alicyclic amines) is 1. The lowest BCUT2D eigenvalue weighted by atomic mass is 9.94. The van der Waals surface area contributed by atoms with Crippen LogP contribution in [-0.2, 0) is 11.0 Å². The van der Waals surface area contributed by atoms with Crippen molar-refractivity contribution in [3.63, 3.8) is 0 Å². The van der Waals surface area contributed by atoms with Gasteiger partial charge in [-0.3, -0.25) is 9.69 Å². The molecule has 0 radical (unpaired) electrons. The molecule has 1 aromatic carbocycles. The van der Waals surface area contributed by atoms with Crippen LogP contribution in [0.1, 0.15) is 36.4 Å². The van der Waals surface area contributed by atoms with E-state index in [4.69, 9.17) is 5.73 Å². The molecule has 1 aromatic heterocycles. The van der Waals surface area contributed by atoms with Crippen molar-refractivity contribution in [3.05, 3.63) is 47.5 Å². The topological polar surface area (TPSA) is 87.4 Å². The lowest BCUT2D eigenvalue weighted by Gasteiger charge is -2.42. The van der Waals surface area contributed by atoms with Gasteiger partial charge in [-0.15, -0.1) is 0 Å². The number of nitrogens with two attached hydrogens (primary N) is 1. The summed E-state index contributed by atoms with van der Waals surface area (Å²) in [7, 11) is 0. The summed E-state index contributed by atoms with van der Waals surface area (Å²) >= 11 is 0. The minimum atomic E-state index is -4.39. The minimum Gasteiger partial charge on any atom is -0.369 e. The molecule has 1 amide bonds. The first-order valence-electron chi connectivity index (χ1n) is 10.9. The first-order valence-corrected chi connectivity index (χ1v) is 10.9. The molecule has 2 saturated heterocycles. The summed E-state index contributed by atoms with van der Waals surface area (Å²) in [6, 6.07) is 4.72. The highest BCUT2D eigenvalue weighted by Crippen LogP contribution is 2.39. The third kappa shape index (κ3) is 5.35. The van der Waals surface area contributed by atoms with Crippen molar-refractivity contribution in [3.8, 4) is 0 Å². The van der Waals surface area contributed by atoms with E-state index in [1.165, 1.54) is 18.5 Å². The Kier molecular flexibility index (Phi) is 6.68. The van der Waals surface area contributed by atoms with Gasteiger partial charge in [0.15, 0.2) is 11.6 Å². The number of piperidine rings is 1. The summed E-state index contributed by atoms with van der Waals surface area (Å²) in [5.41, 5.74) is 5.21. The zero-order chi connectivity index (χ0) is 23.6. The van der Waals surface area contributed by atoms with Crippen LogP contribution in [0.25, 0.3) is 0 Å². The van der Waals surface area contributed by atoms with Crippen LogP contribution in [-0.4, -0.2) is 53.5 Å². The second-order valence-corrected chi connectivity index (χ2v) is 8.54. The van der Waals surface area contributed by atoms with E-state index < -0.39 is 17.6 Å². The molecule has 0 spiro atoms. The molecule has 178 valence electrons. The van der Waals surface area contributed by atoms with Gasteiger partial charge in [0.05, 0.1) is 18.2 Å². The number of carbonyl (C=O) groups excluding carboxylic acids is 1. The Bertz CT molecular complexity index is 976. The molecule has 0 unspecified atom stereocenters. The highest BCUT2D eigenvalue weighted by atomic mass is 19.4. The molecule has 2 aliphatic heterocycles. The van der Waals surface area contributed by atoms with E-state index in [2.05, 4.69) is 15.3 Å². The van der Waals surface area contributed by atoms with Crippen LogP contribution in [0.4, 0.5) is 29.2 Å². The number of halogens is 4. The van der Waals surface area contributed by atoms with Crippen molar-refractivity contribution < 1.29 is 22.4 Å². The first-order chi connectivity index (χ1) is 15.7. The SMILES string of the molecule is NC(=O)CN1CCC(CNc2ncnc(N3CC[C@@H]3c3ccc(C(F)(F)F)cc3)c2F)CC1. The smallest absolute Gasteiger partial charge is 0.369 e. The average molecular weight is 466 g/mol. The molecule has 11 heteroatoms. The van der Waals surface area contributed by atoms with E-state index in [1.807, 2.05) is 4.90 Å². The number of nitrogens with one attached hydrogen (secondary N) is 1. The Labute approximate surface area is 189 Å².